The lowest BCUT2D eigenvalue weighted by Gasteiger charge is -2.19. The molecule has 0 radical (unpaired) electrons. The summed E-state index contributed by atoms with van der Waals surface area (Å²) >= 11 is 5.69. The van der Waals surface area contributed by atoms with E-state index in [-0.39, 0.29) is 11.7 Å². The number of nitrogens with zero attached hydrogens (tertiary/aromatic N) is 1. The van der Waals surface area contributed by atoms with Crippen LogP contribution >= 0.6 is 11.6 Å². The third-order valence-electron chi connectivity index (χ3n) is 3.29. The maximum absolute atomic E-state index is 12.1. The fraction of sp³-hybridized carbons (Fsp3) is 0.600. The molecule has 1 rings (SSSR count). The van der Waals surface area contributed by atoms with E-state index in [1.807, 2.05) is 19.1 Å². The first-order chi connectivity index (χ1) is 9.26. The molecule has 1 aromatic rings. The number of hydrogen-bond acceptors (Lipinski definition) is 2. The van der Waals surface area contributed by atoms with Gasteiger partial charge >= 0.3 is 0 Å². The average molecular weight is 318 g/mol. The van der Waals surface area contributed by atoms with Crippen molar-refractivity contribution in [1.82, 2.24) is 4.31 Å². The van der Waals surface area contributed by atoms with Gasteiger partial charge in [0, 0.05) is 19.5 Å². The number of rotatable bonds is 7. The van der Waals surface area contributed by atoms with Crippen molar-refractivity contribution < 1.29 is 8.42 Å². The molecule has 0 aromatic heterocycles. The lowest BCUT2D eigenvalue weighted by Crippen LogP contribution is -2.31. The average Bonchev–Trinajstić information content (AvgIpc) is 2.38. The molecule has 5 heteroatoms. The van der Waals surface area contributed by atoms with Gasteiger partial charge in [-0.2, -0.15) is 0 Å². The van der Waals surface area contributed by atoms with E-state index in [4.69, 9.17) is 11.6 Å². The van der Waals surface area contributed by atoms with Crippen LogP contribution < -0.4 is 0 Å². The van der Waals surface area contributed by atoms with Gasteiger partial charge in [0.1, 0.15) is 0 Å². The molecule has 0 aliphatic heterocycles. The second-order valence-corrected chi connectivity index (χ2v) is 8.12. The maximum atomic E-state index is 12.1. The summed E-state index contributed by atoms with van der Waals surface area (Å²) in [5.74, 6) is 0.898. The molecular weight excluding hydrogens is 294 g/mol. The number of benzene rings is 1. The minimum atomic E-state index is -3.25. The summed E-state index contributed by atoms with van der Waals surface area (Å²) in [6.45, 7) is 6.52. The van der Waals surface area contributed by atoms with Crippen LogP contribution in [0.2, 0.25) is 0 Å². The Bertz CT molecular complexity index is 511. The second kappa shape index (κ2) is 7.43. The molecule has 0 heterocycles. The highest BCUT2D eigenvalue weighted by molar-refractivity contribution is 7.89. The zero-order valence-electron chi connectivity index (χ0n) is 12.6. The van der Waals surface area contributed by atoms with Crippen LogP contribution in [-0.2, 0) is 16.6 Å². The third kappa shape index (κ3) is 5.08. The van der Waals surface area contributed by atoms with Crippen molar-refractivity contribution in [2.75, 3.05) is 18.7 Å². The number of hydrogen-bond donors (Lipinski definition) is 0. The Morgan fingerprint density at radius 2 is 1.70 bits per heavy atom. The van der Waals surface area contributed by atoms with E-state index in [0.717, 1.165) is 5.56 Å². The van der Waals surface area contributed by atoms with Crippen molar-refractivity contribution in [2.24, 2.45) is 5.92 Å². The van der Waals surface area contributed by atoms with E-state index >= 15 is 0 Å². The SMILES string of the molecule is CC(CCl)CS(=O)(=O)N(C)Cc1ccc(C(C)C)cc1. The van der Waals surface area contributed by atoms with Crippen LogP contribution in [0.4, 0.5) is 0 Å². The molecule has 1 unspecified atom stereocenters. The monoisotopic (exact) mass is 317 g/mol. The Balaban J connectivity index is 2.72. The van der Waals surface area contributed by atoms with Crippen molar-refractivity contribution in [1.29, 1.82) is 0 Å². The zero-order chi connectivity index (χ0) is 15.3. The molecule has 114 valence electrons. The molecule has 0 saturated carbocycles. The van der Waals surface area contributed by atoms with E-state index in [1.54, 1.807) is 7.05 Å². The Morgan fingerprint density at radius 1 is 1.15 bits per heavy atom. The smallest absolute Gasteiger partial charge is 0.212 e. The number of halogens is 1. The van der Waals surface area contributed by atoms with Crippen LogP contribution in [0.5, 0.6) is 0 Å². The minimum Gasteiger partial charge on any atom is -0.212 e. The highest BCUT2D eigenvalue weighted by Gasteiger charge is 2.20. The Hall–Kier alpha value is -0.580. The van der Waals surface area contributed by atoms with Gasteiger partial charge in [0.2, 0.25) is 10.0 Å². The summed E-state index contributed by atoms with van der Waals surface area (Å²) in [5.41, 5.74) is 2.26. The molecule has 0 spiro atoms. The van der Waals surface area contributed by atoms with Crippen molar-refractivity contribution in [2.45, 2.75) is 33.2 Å². The Labute approximate surface area is 128 Å². The first-order valence-corrected chi connectivity index (χ1v) is 8.99. The molecule has 0 fully saturated rings. The van der Waals surface area contributed by atoms with Crippen LogP contribution in [0.25, 0.3) is 0 Å². The lowest BCUT2D eigenvalue weighted by molar-refractivity contribution is 0.460. The molecule has 1 atom stereocenters. The summed E-state index contributed by atoms with van der Waals surface area (Å²) in [5, 5.41) is 0. The molecule has 0 amide bonds. The molecule has 1 aromatic carbocycles. The van der Waals surface area contributed by atoms with Crippen molar-refractivity contribution >= 4 is 21.6 Å². The largest absolute Gasteiger partial charge is 0.214 e. The van der Waals surface area contributed by atoms with Crippen molar-refractivity contribution in [3.05, 3.63) is 35.4 Å². The van der Waals surface area contributed by atoms with Gasteiger partial charge in [0.05, 0.1) is 5.75 Å². The quantitative estimate of drug-likeness (QED) is 0.722. The van der Waals surface area contributed by atoms with Crippen LogP contribution in [0.1, 0.15) is 37.8 Å². The summed E-state index contributed by atoms with van der Waals surface area (Å²) in [6.07, 6.45) is 0. The summed E-state index contributed by atoms with van der Waals surface area (Å²) in [4.78, 5) is 0. The summed E-state index contributed by atoms with van der Waals surface area (Å²) in [7, 11) is -1.63. The zero-order valence-corrected chi connectivity index (χ0v) is 14.2. The fourth-order valence-electron chi connectivity index (χ4n) is 1.89. The molecule has 0 N–H and O–H groups in total. The fourth-order valence-corrected chi connectivity index (χ4v) is 3.57. The summed E-state index contributed by atoms with van der Waals surface area (Å²) in [6, 6.07) is 8.10. The van der Waals surface area contributed by atoms with Gasteiger partial charge in [0.15, 0.2) is 0 Å². The van der Waals surface area contributed by atoms with E-state index in [0.29, 0.717) is 18.3 Å². The van der Waals surface area contributed by atoms with Crippen LogP contribution in [0.15, 0.2) is 24.3 Å². The van der Waals surface area contributed by atoms with Crippen molar-refractivity contribution in [3.8, 4) is 0 Å². The lowest BCUT2D eigenvalue weighted by atomic mass is 10.0. The predicted octanol–water partition coefficient (Wildman–Crippen LogP) is 3.45. The molecule has 3 nitrogen and oxygen atoms in total. The molecule has 0 aliphatic rings. The minimum absolute atomic E-state index is 0.0348. The van der Waals surface area contributed by atoms with Gasteiger partial charge in [-0.1, -0.05) is 45.0 Å². The summed E-state index contributed by atoms with van der Waals surface area (Å²) < 4.78 is 25.7. The van der Waals surface area contributed by atoms with E-state index < -0.39 is 10.0 Å². The van der Waals surface area contributed by atoms with Gasteiger partial charge in [-0.25, -0.2) is 12.7 Å². The second-order valence-electron chi connectivity index (χ2n) is 5.69. The standard InChI is InChI=1S/C15H24ClNO2S/c1-12(2)15-7-5-14(6-8-15)10-17(4)20(18,19)11-13(3)9-16/h5-8,12-13H,9-11H2,1-4H3. The topological polar surface area (TPSA) is 37.4 Å². The molecule has 20 heavy (non-hydrogen) atoms. The van der Waals surface area contributed by atoms with E-state index in [2.05, 4.69) is 26.0 Å². The van der Waals surface area contributed by atoms with Gasteiger partial charge in [-0.05, 0) is 23.0 Å². The van der Waals surface area contributed by atoms with Crippen molar-refractivity contribution in [3.63, 3.8) is 0 Å². The highest BCUT2D eigenvalue weighted by Crippen LogP contribution is 2.17. The molecule has 0 saturated heterocycles. The maximum Gasteiger partial charge on any atom is 0.214 e. The Morgan fingerprint density at radius 3 is 2.15 bits per heavy atom. The van der Waals surface area contributed by atoms with Gasteiger partial charge in [-0.3, -0.25) is 0 Å². The molecule has 0 aliphatic carbocycles. The molecular formula is C15H24ClNO2S. The van der Waals surface area contributed by atoms with Gasteiger partial charge < -0.3 is 0 Å². The van der Waals surface area contributed by atoms with E-state index in [9.17, 15) is 8.42 Å². The van der Waals surface area contributed by atoms with Crippen LogP contribution in [0, 0.1) is 5.92 Å². The van der Waals surface area contributed by atoms with Crippen LogP contribution in [-0.4, -0.2) is 31.4 Å². The normalized spacial score (nSPS) is 13.9. The van der Waals surface area contributed by atoms with Crippen LogP contribution in [0.3, 0.4) is 0 Å². The van der Waals surface area contributed by atoms with Gasteiger partial charge in [0.25, 0.3) is 0 Å². The first-order valence-electron chi connectivity index (χ1n) is 6.85. The van der Waals surface area contributed by atoms with E-state index in [1.165, 1.54) is 9.87 Å². The number of sulfonamides is 1. The first kappa shape index (κ1) is 17.5. The number of alkyl halides is 1. The Kier molecular flexibility index (Phi) is 6.49. The van der Waals surface area contributed by atoms with Gasteiger partial charge in [-0.15, -0.1) is 11.6 Å². The predicted molar refractivity (Wildman–Crippen MR) is 85.7 cm³/mol. The third-order valence-corrected chi connectivity index (χ3v) is 5.88. The highest BCUT2D eigenvalue weighted by atomic mass is 35.5. The molecule has 0 bridgehead atoms.